The van der Waals surface area contributed by atoms with Gasteiger partial charge in [-0.3, -0.25) is 14.9 Å². The fourth-order valence-electron chi connectivity index (χ4n) is 2.39. The molecule has 0 saturated heterocycles. The van der Waals surface area contributed by atoms with Crippen LogP contribution in [0.25, 0.3) is 0 Å². The van der Waals surface area contributed by atoms with Gasteiger partial charge in [0.25, 0.3) is 0 Å². The van der Waals surface area contributed by atoms with Gasteiger partial charge in [-0.1, -0.05) is 0 Å². The molecular formula is C19H29N5O4. The standard InChI is InChI=1S/C19H29N5O4/c1-6-23(13-7-12-22(4)14-25)18-11-10-17(24(26)27)19(21-18)20-15(2)8-9-16(3)28-5/h8-11,14H,6-7,12-13H2,1-5H3,(H,20,21)/b15-8+,16-9-. The second-order valence-corrected chi connectivity index (χ2v) is 6.27. The van der Waals surface area contributed by atoms with E-state index in [1.165, 1.54) is 6.07 Å². The Balaban J connectivity index is 3.05. The van der Waals surface area contributed by atoms with E-state index < -0.39 is 4.92 Å². The van der Waals surface area contributed by atoms with Crippen molar-refractivity contribution in [2.75, 3.05) is 44.0 Å². The number of ether oxygens (including phenoxy) is 1. The maximum Gasteiger partial charge on any atom is 0.311 e. The van der Waals surface area contributed by atoms with Crippen molar-refractivity contribution in [1.29, 1.82) is 0 Å². The summed E-state index contributed by atoms with van der Waals surface area (Å²) in [5, 5.41) is 14.4. The average Bonchev–Trinajstić information content (AvgIpc) is 2.68. The highest BCUT2D eigenvalue weighted by molar-refractivity contribution is 5.63. The van der Waals surface area contributed by atoms with Crippen molar-refractivity contribution in [1.82, 2.24) is 9.88 Å². The molecule has 28 heavy (non-hydrogen) atoms. The highest BCUT2D eigenvalue weighted by atomic mass is 16.6. The van der Waals surface area contributed by atoms with E-state index in [0.29, 0.717) is 31.1 Å². The zero-order valence-electron chi connectivity index (χ0n) is 17.1. The predicted molar refractivity (Wildman–Crippen MR) is 110 cm³/mol. The SMILES string of the molecule is CCN(CCCN(C)C=O)c1ccc([N+](=O)[O-])c(N/C(C)=C/C=C(/C)OC)n1. The summed E-state index contributed by atoms with van der Waals surface area (Å²) in [5.41, 5.74) is 0.598. The normalized spacial score (nSPS) is 11.8. The van der Waals surface area contributed by atoms with Crippen molar-refractivity contribution in [3.63, 3.8) is 0 Å². The number of hydrogen-bond acceptors (Lipinski definition) is 7. The number of nitro groups is 1. The predicted octanol–water partition coefficient (Wildman–Crippen LogP) is 3.16. The third kappa shape index (κ3) is 7.26. The molecule has 9 nitrogen and oxygen atoms in total. The number of pyridine rings is 1. The molecule has 1 amide bonds. The Kier molecular flexibility index (Phi) is 9.49. The van der Waals surface area contributed by atoms with E-state index in [-0.39, 0.29) is 11.5 Å². The Hall–Kier alpha value is -3.10. The Bertz CT molecular complexity index is 733. The van der Waals surface area contributed by atoms with Crippen LogP contribution in [0.4, 0.5) is 17.3 Å². The Morgan fingerprint density at radius 2 is 2.04 bits per heavy atom. The van der Waals surface area contributed by atoms with Gasteiger partial charge in [0.2, 0.25) is 12.2 Å². The van der Waals surface area contributed by atoms with Gasteiger partial charge < -0.3 is 19.9 Å². The van der Waals surface area contributed by atoms with Crippen LogP contribution in [-0.2, 0) is 9.53 Å². The summed E-state index contributed by atoms with van der Waals surface area (Å²) >= 11 is 0. The summed E-state index contributed by atoms with van der Waals surface area (Å²) in [6, 6.07) is 3.10. The monoisotopic (exact) mass is 391 g/mol. The lowest BCUT2D eigenvalue weighted by atomic mass is 10.3. The molecule has 9 heteroatoms. The Morgan fingerprint density at radius 3 is 2.61 bits per heavy atom. The van der Waals surface area contributed by atoms with Crippen LogP contribution >= 0.6 is 0 Å². The van der Waals surface area contributed by atoms with Gasteiger partial charge in [0.05, 0.1) is 17.8 Å². The molecule has 1 N–H and O–H groups in total. The molecule has 1 aromatic heterocycles. The number of amides is 1. The second-order valence-electron chi connectivity index (χ2n) is 6.27. The largest absolute Gasteiger partial charge is 0.501 e. The number of rotatable bonds is 12. The van der Waals surface area contributed by atoms with E-state index in [9.17, 15) is 14.9 Å². The molecule has 0 fully saturated rings. The third-order valence-corrected chi connectivity index (χ3v) is 4.09. The average molecular weight is 391 g/mol. The Morgan fingerprint density at radius 1 is 1.32 bits per heavy atom. The quantitative estimate of drug-likeness (QED) is 0.192. The first-order chi connectivity index (χ1) is 13.3. The number of nitrogens with one attached hydrogen (secondary N) is 1. The van der Waals surface area contributed by atoms with Gasteiger partial charge in [0.1, 0.15) is 5.82 Å². The van der Waals surface area contributed by atoms with Crippen molar-refractivity contribution >= 4 is 23.7 Å². The lowest BCUT2D eigenvalue weighted by Gasteiger charge is -2.23. The molecule has 0 spiro atoms. The topological polar surface area (TPSA) is 101 Å². The van der Waals surface area contributed by atoms with E-state index in [0.717, 1.165) is 18.6 Å². The summed E-state index contributed by atoms with van der Waals surface area (Å²) < 4.78 is 5.07. The van der Waals surface area contributed by atoms with Gasteiger partial charge in [-0.2, -0.15) is 0 Å². The molecule has 0 unspecified atom stereocenters. The maximum atomic E-state index is 11.4. The molecule has 0 aliphatic heterocycles. The number of carbonyl (C=O) groups excluding carboxylic acids is 1. The first-order valence-electron chi connectivity index (χ1n) is 9.04. The number of nitrogens with zero attached hydrogens (tertiary/aromatic N) is 4. The summed E-state index contributed by atoms with van der Waals surface area (Å²) in [5.74, 6) is 1.54. The van der Waals surface area contributed by atoms with E-state index in [1.54, 1.807) is 44.2 Å². The highest BCUT2D eigenvalue weighted by Gasteiger charge is 2.18. The smallest absolute Gasteiger partial charge is 0.311 e. The van der Waals surface area contributed by atoms with E-state index in [4.69, 9.17) is 4.74 Å². The van der Waals surface area contributed by atoms with Gasteiger partial charge in [0, 0.05) is 38.4 Å². The third-order valence-electron chi connectivity index (χ3n) is 4.09. The molecule has 0 aliphatic rings. The van der Waals surface area contributed by atoms with Crippen molar-refractivity contribution in [2.45, 2.75) is 27.2 Å². The highest BCUT2D eigenvalue weighted by Crippen LogP contribution is 2.27. The molecule has 0 radical (unpaired) electrons. The molecule has 0 aliphatic carbocycles. The van der Waals surface area contributed by atoms with Crippen LogP contribution in [0.2, 0.25) is 0 Å². The van der Waals surface area contributed by atoms with Gasteiger partial charge in [-0.25, -0.2) is 4.98 Å². The molecule has 1 heterocycles. The lowest BCUT2D eigenvalue weighted by molar-refractivity contribution is -0.384. The van der Waals surface area contributed by atoms with Crippen LogP contribution in [0.3, 0.4) is 0 Å². The molecule has 0 saturated carbocycles. The van der Waals surface area contributed by atoms with Gasteiger partial charge in [-0.05, 0) is 45.4 Å². The Labute approximate surface area is 165 Å². The molecule has 1 aromatic rings. The molecule has 0 aromatic carbocycles. The fourth-order valence-corrected chi connectivity index (χ4v) is 2.39. The molecular weight excluding hydrogens is 362 g/mol. The van der Waals surface area contributed by atoms with Crippen LogP contribution in [-0.4, -0.2) is 55.0 Å². The molecule has 1 rings (SSSR count). The number of carbonyl (C=O) groups is 1. The van der Waals surface area contributed by atoms with E-state index >= 15 is 0 Å². The van der Waals surface area contributed by atoms with E-state index in [2.05, 4.69) is 10.3 Å². The molecule has 0 bridgehead atoms. The molecule has 154 valence electrons. The summed E-state index contributed by atoms with van der Waals surface area (Å²) in [6.45, 7) is 7.61. The minimum atomic E-state index is -0.460. The van der Waals surface area contributed by atoms with Gasteiger partial charge in [0.15, 0.2) is 0 Å². The van der Waals surface area contributed by atoms with Crippen LogP contribution in [0.15, 0.2) is 35.7 Å². The van der Waals surface area contributed by atoms with E-state index in [1.807, 2.05) is 18.7 Å². The molecule has 0 atom stereocenters. The fraction of sp³-hybridized carbons (Fsp3) is 0.474. The van der Waals surface area contributed by atoms with Crippen LogP contribution in [0.1, 0.15) is 27.2 Å². The van der Waals surface area contributed by atoms with Gasteiger partial charge >= 0.3 is 5.69 Å². The summed E-state index contributed by atoms with van der Waals surface area (Å²) in [6.07, 6.45) is 5.09. The minimum absolute atomic E-state index is 0.0966. The zero-order chi connectivity index (χ0) is 21.1. The van der Waals surface area contributed by atoms with Crippen molar-refractivity contribution in [2.24, 2.45) is 0 Å². The number of anilines is 2. The zero-order valence-corrected chi connectivity index (χ0v) is 17.1. The van der Waals surface area contributed by atoms with Crippen molar-refractivity contribution in [3.05, 3.63) is 45.9 Å². The maximum absolute atomic E-state index is 11.4. The number of methoxy groups -OCH3 is 1. The number of hydrogen-bond donors (Lipinski definition) is 1. The number of allylic oxidation sites excluding steroid dienone is 4. The first kappa shape index (κ1) is 22.9. The first-order valence-corrected chi connectivity index (χ1v) is 9.04. The van der Waals surface area contributed by atoms with Crippen molar-refractivity contribution in [3.8, 4) is 0 Å². The summed E-state index contributed by atoms with van der Waals surface area (Å²) in [7, 11) is 3.30. The minimum Gasteiger partial charge on any atom is -0.501 e. The second kappa shape index (κ2) is 11.6. The van der Waals surface area contributed by atoms with Crippen molar-refractivity contribution < 1.29 is 14.5 Å². The van der Waals surface area contributed by atoms with Crippen LogP contribution < -0.4 is 10.2 Å². The summed E-state index contributed by atoms with van der Waals surface area (Å²) in [4.78, 5) is 29.7. The van der Waals surface area contributed by atoms with Crippen LogP contribution in [0.5, 0.6) is 0 Å². The van der Waals surface area contributed by atoms with Gasteiger partial charge in [-0.15, -0.1) is 0 Å². The number of aromatic nitrogens is 1. The lowest BCUT2D eigenvalue weighted by Crippen LogP contribution is -2.28. The van der Waals surface area contributed by atoms with Crippen LogP contribution in [0, 0.1) is 10.1 Å².